The van der Waals surface area contributed by atoms with Crippen molar-refractivity contribution in [2.45, 2.75) is 30.1 Å². The number of halogens is 1. The number of methoxy groups -OCH3 is 1. The number of rotatable bonds is 4. The molecule has 0 aliphatic heterocycles. The van der Waals surface area contributed by atoms with Gasteiger partial charge in [-0.15, -0.1) is 0 Å². The molecule has 1 N–H and O–H groups in total. The molecule has 116 valence electrons. The summed E-state index contributed by atoms with van der Waals surface area (Å²) >= 11 is 0. The molecule has 0 heterocycles. The second-order valence-corrected chi connectivity index (χ2v) is 7.51. The highest BCUT2D eigenvalue weighted by atomic mass is 32.2. The fourth-order valence-electron chi connectivity index (χ4n) is 2.97. The van der Waals surface area contributed by atoms with Gasteiger partial charge in [0, 0.05) is 6.26 Å². The van der Waals surface area contributed by atoms with Gasteiger partial charge in [-0.05, 0) is 31.4 Å². The van der Waals surface area contributed by atoms with E-state index in [0.717, 1.165) is 6.26 Å². The van der Waals surface area contributed by atoms with Gasteiger partial charge in [0.2, 0.25) is 0 Å². The minimum Gasteiger partial charge on any atom is -0.467 e. The minimum absolute atomic E-state index is 0.0958. The SMILES string of the molecule is COC(=O)C1(Nc2ccccc2F)CCCC1S(C)(=O)=O. The molecule has 7 heteroatoms. The Morgan fingerprint density at radius 3 is 2.67 bits per heavy atom. The number of benzene rings is 1. The van der Waals surface area contributed by atoms with E-state index in [1.807, 2.05) is 0 Å². The lowest BCUT2D eigenvalue weighted by Gasteiger charge is -2.33. The lowest BCUT2D eigenvalue weighted by Crippen LogP contribution is -2.55. The van der Waals surface area contributed by atoms with Crippen molar-refractivity contribution in [3.63, 3.8) is 0 Å². The third-order valence-electron chi connectivity index (χ3n) is 3.89. The number of esters is 1. The van der Waals surface area contributed by atoms with E-state index in [1.165, 1.54) is 25.3 Å². The summed E-state index contributed by atoms with van der Waals surface area (Å²) in [6.45, 7) is 0. The maximum atomic E-state index is 13.8. The van der Waals surface area contributed by atoms with Crippen LogP contribution in [0.4, 0.5) is 10.1 Å². The Bertz CT molecular complexity index is 646. The first-order valence-electron chi connectivity index (χ1n) is 6.61. The Morgan fingerprint density at radius 1 is 1.43 bits per heavy atom. The minimum atomic E-state index is -3.48. The molecule has 1 fully saturated rings. The van der Waals surface area contributed by atoms with Crippen molar-refractivity contribution in [2.24, 2.45) is 0 Å². The van der Waals surface area contributed by atoms with Crippen molar-refractivity contribution in [1.29, 1.82) is 0 Å². The van der Waals surface area contributed by atoms with Crippen molar-refractivity contribution in [2.75, 3.05) is 18.7 Å². The van der Waals surface area contributed by atoms with E-state index in [0.29, 0.717) is 12.8 Å². The molecule has 1 aromatic carbocycles. The number of nitrogens with one attached hydrogen (secondary N) is 1. The number of ether oxygens (including phenoxy) is 1. The molecule has 1 aromatic rings. The van der Waals surface area contributed by atoms with Gasteiger partial charge >= 0.3 is 5.97 Å². The Labute approximate surface area is 123 Å². The van der Waals surface area contributed by atoms with Gasteiger partial charge in [-0.2, -0.15) is 0 Å². The molecule has 1 aliphatic rings. The molecule has 2 rings (SSSR count). The van der Waals surface area contributed by atoms with Gasteiger partial charge in [-0.25, -0.2) is 17.6 Å². The summed E-state index contributed by atoms with van der Waals surface area (Å²) in [6, 6.07) is 5.85. The zero-order valence-corrected chi connectivity index (χ0v) is 12.7. The highest BCUT2D eigenvalue weighted by molar-refractivity contribution is 7.91. The van der Waals surface area contributed by atoms with Crippen molar-refractivity contribution < 1.29 is 22.3 Å². The van der Waals surface area contributed by atoms with E-state index in [9.17, 15) is 17.6 Å². The first-order chi connectivity index (χ1) is 9.81. The standard InChI is InChI=1S/C14H18FNO4S/c1-20-13(17)14(9-5-8-12(14)21(2,18)19)16-11-7-4-3-6-10(11)15/h3-4,6-7,12,16H,5,8-9H2,1-2H3. The molecule has 0 saturated heterocycles. The summed E-state index contributed by atoms with van der Waals surface area (Å²) in [4.78, 5) is 12.2. The van der Waals surface area contributed by atoms with Crippen LogP contribution in [-0.2, 0) is 19.4 Å². The number of sulfone groups is 1. The van der Waals surface area contributed by atoms with Crippen molar-refractivity contribution in [3.8, 4) is 0 Å². The second kappa shape index (κ2) is 5.63. The average Bonchev–Trinajstić information content (AvgIpc) is 2.85. The van der Waals surface area contributed by atoms with E-state index < -0.39 is 32.4 Å². The van der Waals surface area contributed by atoms with Gasteiger partial charge in [0.1, 0.15) is 5.82 Å². The van der Waals surface area contributed by atoms with Crippen molar-refractivity contribution >= 4 is 21.5 Å². The number of carbonyl (C=O) groups excluding carboxylic acids is 1. The monoisotopic (exact) mass is 315 g/mol. The van der Waals surface area contributed by atoms with Crippen molar-refractivity contribution in [3.05, 3.63) is 30.1 Å². The van der Waals surface area contributed by atoms with Crippen LogP contribution in [-0.4, -0.2) is 38.5 Å². The number of hydrogen-bond acceptors (Lipinski definition) is 5. The third kappa shape index (κ3) is 2.88. The number of hydrogen-bond donors (Lipinski definition) is 1. The van der Waals surface area contributed by atoms with E-state index in [1.54, 1.807) is 6.07 Å². The molecule has 2 atom stereocenters. The number of para-hydroxylation sites is 1. The maximum absolute atomic E-state index is 13.8. The van der Waals surface area contributed by atoms with Crippen LogP contribution in [0, 0.1) is 5.82 Å². The first-order valence-corrected chi connectivity index (χ1v) is 8.57. The largest absolute Gasteiger partial charge is 0.467 e. The lowest BCUT2D eigenvalue weighted by molar-refractivity contribution is -0.145. The summed E-state index contributed by atoms with van der Waals surface area (Å²) < 4.78 is 42.6. The Kier molecular flexibility index (Phi) is 4.22. The van der Waals surface area contributed by atoms with Crippen LogP contribution in [0.2, 0.25) is 0 Å². The predicted octanol–water partition coefficient (Wildman–Crippen LogP) is 1.75. The molecule has 0 spiro atoms. The Balaban J connectivity index is 2.48. The maximum Gasteiger partial charge on any atom is 0.332 e. The van der Waals surface area contributed by atoms with Gasteiger partial charge in [-0.3, -0.25) is 0 Å². The first kappa shape index (κ1) is 15.8. The van der Waals surface area contributed by atoms with Crippen LogP contribution in [0.15, 0.2) is 24.3 Å². The second-order valence-electron chi connectivity index (χ2n) is 5.28. The molecule has 1 aliphatic carbocycles. The van der Waals surface area contributed by atoms with Crippen molar-refractivity contribution in [1.82, 2.24) is 0 Å². The molecule has 1 saturated carbocycles. The number of anilines is 1. The fourth-order valence-corrected chi connectivity index (χ4v) is 4.56. The molecule has 0 amide bonds. The highest BCUT2D eigenvalue weighted by Gasteiger charge is 2.54. The topological polar surface area (TPSA) is 72.5 Å². The molecular formula is C14H18FNO4S. The Hall–Kier alpha value is -1.63. The van der Waals surface area contributed by atoms with Crippen LogP contribution in [0.25, 0.3) is 0 Å². The molecular weight excluding hydrogens is 297 g/mol. The van der Waals surface area contributed by atoms with Gasteiger partial charge in [-0.1, -0.05) is 12.1 Å². The summed E-state index contributed by atoms with van der Waals surface area (Å²) in [7, 11) is -2.28. The smallest absolute Gasteiger partial charge is 0.332 e. The summed E-state index contributed by atoms with van der Waals surface area (Å²) in [5.74, 6) is -1.22. The normalized spacial score (nSPS) is 25.6. The van der Waals surface area contributed by atoms with Gasteiger partial charge in [0.15, 0.2) is 15.4 Å². The lowest BCUT2D eigenvalue weighted by atomic mass is 9.96. The van der Waals surface area contributed by atoms with Gasteiger partial charge in [0.25, 0.3) is 0 Å². The molecule has 0 aromatic heterocycles. The van der Waals surface area contributed by atoms with Gasteiger partial charge in [0.05, 0.1) is 18.0 Å². The van der Waals surface area contributed by atoms with E-state index in [4.69, 9.17) is 4.74 Å². The van der Waals surface area contributed by atoms with Crippen LogP contribution < -0.4 is 5.32 Å². The molecule has 0 radical (unpaired) electrons. The molecule has 0 bridgehead atoms. The predicted molar refractivity (Wildman–Crippen MR) is 77.3 cm³/mol. The average molecular weight is 315 g/mol. The fraction of sp³-hybridized carbons (Fsp3) is 0.500. The molecule has 21 heavy (non-hydrogen) atoms. The molecule has 2 unspecified atom stereocenters. The summed E-state index contributed by atoms with van der Waals surface area (Å²) in [6.07, 6.45) is 2.26. The summed E-state index contributed by atoms with van der Waals surface area (Å²) in [5, 5.41) is 1.87. The molecule has 5 nitrogen and oxygen atoms in total. The van der Waals surface area contributed by atoms with Gasteiger partial charge < -0.3 is 10.1 Å². The van der Waals surface area contributed by atoms with E-state index >= 15 is 0 Å². The van der Waals surface area contributed by atoms with Crippen LogP contribution >= 0.6 is 0 Å². The van der Waals surface area contributed by atoms with Crippen LogP contribution in [0.1, 0.15) is 19.3 Å². The quantitative estimate of drug-likeness (QED) is 0.857. The zero-order valence-electron chi connectivity index (χ0n) is 11.9. The van der Waals surface area contributed by atoms with E-state index in [2.05, 4.69) is 5.32 Å². The summed E-state index contributed by atoms with van der Waals surface area (Å²) in [5.41, 5.74) is -1.34. The van der Waals surface area contributed by atoms with Crippen LogP contribution in [0.3, 0.4) is 0 Å². The van der Waals surface area contributed by atoms with E-state index in [-0.39, 0.29) is 12.1 Å². The third-order valence-corrected chi connectivity index (χ3v) is 5.56. The zero-order chi connectivity index (χ0) is 15.7. The van der Waals surface area contributed by atoms with Crippen LogP contribution in [0.5, 0.6) is 0 Å². The number of carbonyl (C=O) groups is 1. The highest BCUT2D eigenvalue weighted by Crippen LogP contribution is 2.39. The Morgan fingerprint density at radius 2 is 2.10 bits per heavy atom.